The summed E-state index contributed by atoms with van der Waals surface area (Å²) in [6, 6.07) is 4.56. The average molecular weight is 231 g/mol. The molecule has 17 heavy (non-hydrogen) atoms. The first-order chi connectivity index (χ1) is 8.10. The summed E-state index contributed by atoms with van der Waals surface area (Å²) < 4.78 is 4.91. The Balaban J connectivity index is 3.31. The molecule has 0 amide bonds. The summed E-state index contributed by atoms with van der Waals surface area (Å²) in [5.74, 6) is 5.44. The fraction of sp³-hybridized carbons (Fsp3) is 0.182. The molecule has 6 heteroatoms. The van der Waals surface area contributed by atoms with Gasteiger partial charge >= 0.3 is 0 Å². The Morgan fingerprint density at radius 2 is 2.29 bits per heavy atom. The number of hydrogen-bond acceptors (Lipinski definition) is 5. The number of nitriles is 1. The van der Waals surface area contributed by atoms with Crippen LogP contribution in [-0.2, 0) is 0 Å². The summed E-state index contributed by atoms with van der Waals surface area (Å²) in [5.41, 5.74) is 5.61. The van der Waals surface area contributed by atoms with Gasteiger partial charge in [-0.3, -0.25) is 10.1 Å². The largest absolute Gasteiger partial charge is 0.496 e. The minimum atomic E-state index is -0.604. The van der Waals surface area contributed by atoms with E-state index in [1.54, 1.807) is 0 Å². The van der Waals surface area contributed by atoms with Crippen LogP contribution in [0.3, 0.4) is 0 Å². The highest BCUT2D eigenvalue weighted by Crippen LogP contribution is 2.30. The van der Waals surface area contributed by atoms with Gasteiger partial charge in [0.05, 0.1) is 36.2 Å². The highest BCUT2D eigenvalue weighted by atomic mass is 16.6. The summed E-state index contributed by atoms with van der Waals surface area (Å²) in [5, 5.41) is 19.1. The number of nitro benzene ring substituents is 1. The summed E-state index contributed by atoms with van der Waals surface area (Å²) in [7, 11) is 1.39. The van der Waals surface area contributed by atoms with E-state index in [-0.39, 0.29) is 23.4 Å². The van der Waals surface area contributed by atoms with Crippen LogP contribution in [0, 0.1) is 33.3 Å². The maximum atomic E-state index is 10.7. The number of rotatable bonds is 2. The van der Waals surface area contributed by atoms with Crippen molar-refractivity contribution >= 4 is 11.4 Å². The van der Waals surface area contributed by atoms with E-state index in [4.69, 9.17) is 15.7 Å². The Labute approximate surface area is 97.8 Å². The first-order valence-electron chi connectivity index (χ1n) is 4.58. The van der Waals surface area contributed by atoms with Crippen LogP contribution in [-0.4, -0.2) is 12.0 Å². The molecule has 1 rings (SSSR count). The second-order valence-electron chi connectivity index (χ2n) is 3.00. The van der Waals surface area contributed by atoms with Crippen LogP contribution in [0.5, 0.6) is 5.75 Å². The van der Waals surface area contributed by atoms with Gasteiger partial charge in [0, 0.05) is 0 Å². The van der Waals surface area contributed by atoms with E-state index in [2.05, 4.69) is 11.8 Å². The predicted octanol–water partition coefficient (Wildman–Crippen LogP) is 1.45. The van der Waals surface area contributed by atoms with Gasteiger partial charge in [-0.1, -0.05) is 11.8 Å². The molecule has 0 radical (unpaired) electrons. The molecular formula is C11H9N3O3. The van der Waals surface area contributed by atoms with Crippen molar-refractivity contribution < 1.29 is 9.66 Å². The van der Waals surface area contributed by atoms with Crippen molar-refractivity contribution in [3.63, 3.8) is 0 Å². The van der Waals surface area contributed by atoms with Crippen molar-refractivity contribution in [3.8, 4) is 23.7 Å². The van der Waals surface area contributed by atoms with E-state index in [0.717, 1.165) is 0 Å². The normalized spacial score (nSPS) is 8.71. The topological polar surface area (TPSA) is 102 Å². The van der Waals surface area contributed by atoms with E-state index in [9.17, 15) is 10.1 Å². The molecule has 0 bridgehead atoms. The molecule has 86 valence electrons. The molecule has 6 nitrogen and oxygen atoms in total. The number of anilines is 1. The van der Waals surface area contributed by atoms with Crippen molar-refractivity contribution in [2.24, 2.45) is 0 Å². The molecule has 0 aliphatic carbocycles. The molecule has 1 aromatic carbocycles. The zero-order valence-corrected chi connectivity index (χ0v) is 9.06. The van der Waals surface area contributed by atoms with Gasteiger partial charge in [0.15, 0.2) is 0 Å². The molecular weight excluding hydrogens is 222 g/mol. The number of nitrogen functional groups attached to an aromatic ring is 1. The molecule has 1 aromatic rings. The van der Waals surface area contributed by atoms with Gasteiger partial charge < -0.3 is 10.5 Å². The zero-order chi connectivity index (χ0) is 12.8. The molecule has 0 saturated heterocycles. The number of ether oxygens (including phenoxy) is 1. The molecule has 0 fully saturated rings. The van der Waals surface area contributed by atoms with Crippen molar-refractivity contribution in [2.45, 2.75) is 6.42 Å². The quantitative estimate of drug-likeness (QED) is 0.359. The smallest absolute Gasteiger partial charge is 0.297 e. The van der Waals surface area contributed by atoms with Gasteiger partial charge in [0.2, 0.25) is 0 Å². The molecule has 0 unspecified atom stereocenters. The fourth-order valence-corrected chi connectivity index (χ4v) is 1.16. The van der Waals surface area contributed by atoms with E-state index in [1.165, 1.54) is 19.2 Å². The molecule has 0 aromatic heterocycles. The summed E-state index contributed by atoms with van der Waals surface area (Å²) in [6.07, 6.45) is 0.0322. The third kappa shape index (κ3) is 2.86. The molecule has 0 aliphatic heterocycles. The van der Waals surface area contributed by atoms with Crippen molar-refractivity contribution in [2.75, 3.05) is 12.8 Å². The summed E-state index contributed by atoms with van der Waals surface area (Å²) in [6.45, 7) is 0. The van der Waals surface area contributed by atoms with Gasteiger partial charge in [-0.2, -0.15) is 5.26 Å². The Morgan fingerprint density at radius 1 is 1.59 bits per heavy atom. The number of nitro groups is 1. The molecule has 2 N–H and O–H groups in total. The predicted molar refractivity (Wildman–Crippen MR) is 61.2 cm³/mol. The third-order valence-corrected chi connectivity index (χ3v) is 1.95. The Bertz CT molecular complexity index is 550. The monoisotopic (exact) mass is 231 g/mol. The average Bonchev–Trinajstić information content (AvgIpc) is 2.31. The minimum absolute atomic E-state index is 0.0266. The number of benzene rings is 1. The van der Waals surface area contributed by atoms with Crippen LogP contribution in [0.25, 0.3) is 0 Å². The first-order valence-corrected chi connectivity index (χ1v) is 4.58. The zero-order valence-electron chi connectivity index (χ0n) is 9.06. The Hall–Kier alpha value is -2.73. The van der Waals surface area contributed by atoms with Crippen LogP contribution in [0.2, 0.25) is 0 Å². The number of hydrogen-bond donors (Lipinski definition) is 1. The third-order valence-electron chi connectivity index (χ3n) is 1.95. The fourth-order valence-electron chi connectivity index (χ4n) is 1.16. The molecule has 0 aliphatic rings. The van der Waals surface area contributed by atoms with Gasteiger partial charge in [0.25, 0.3) is 5.69 Å². The van der Waals surface area contributed by atoms with Crippen LogP contribution >= 0.6 is 0 Å². The maximum absolute atomic E-state index is 10.7. The molecule has 0 heterocycles. The summed E-state index contributed by atoms with van der Waals surface area (Å²) in [4.78, 5) is 10.1. The van der Waals surface area contributed by atoms with Crippen molar-refractivity contribution in [1.29, 1.82) is 5.26 Å². The molecule has 0 atom stereocenters. The van der Waals surface area contributed by atoms with Gasteiger partial charge in [-0.25, -0.2) is 0 Å². The van der Waals surface area contributed by atoms with E-state index < -0.39 is 4.92 Å². The maximum Gasteiger partial charge on any atom is 0.297 e. The van der Waals surface area contributed by atoms with E-state index in [0.29, 0.717) is 5.75 Å². The number of nitrogens with two attached hydrogens (primary N) is 1. The lowest BCUT2D eigenvalue weighted by Crippen LogP contribution is -1.99. The van der Waals surface area contributed by atoms with Gasteiger partial charge in [-0.15, -0.1) is 0 Å². The highest BCUT2D eigenvalue weighted by Gasteiger charge is 2.16. The van der Waals surface area contributed by atoms with Crippen molar-refractivity contribution in [1.82, 2.24) is 0 Å². The second-order valence-corrected chi connectivity index (χ2v) is 3.00. The summed E-state index contributed by atoms with van der Waals surface area (Å²) >= 11 is 0. The van der Waals surface area contributed by atoms with Crippen molar-refractivity contribution in [3.05, 3.63) is 27.8 Å². The van der Waals surface area contributed by atoms with Crippen LogP contribution < -0.4 is 10.5 Å². The van der Waals surface area contributed by atoms with Crippen LogP contribution in [0.1, 0.15) is 12.0 Å². The van der Waals surface area contributed by atoms with E-state index in [1.807, 2.05) is 6.07 Å². The molecule has 0 saturated carbocycles. The Morgan fingerprint density at radius 3 is 2.82 bits per heavy atom. The lowest BCUT2D eigenvalue weighted by Gasteiger charge is -2.04. The molecule has 0 spiro atoms. The standard InChI is InChI=1S/C11H9N3O3/c1-17-9-6-8(4-2-3-5-12)11(13)10(7-9)14(15)16/h6-7H,3,13H2,1H3. The lowest BCUT2D eigenvalue weighted by atomic mass is 10.1. The van der Waals surface area contributed by atoms with Crippen LogP contribution in [0.4, 0.5) is 11.4 Å². The number of nitrogens with zero attached hydrogens (tertiary/aromatic N) is 2. The van der Waals surface area contributed by atoms with Gasteiger partial charge in [0.1, 0.15) is 11.4 Å². The van der Waals surface area contributed by atoms with Crippen LogP contribution in [0.15, 0.2) is 12.1 Å². The minimum Gasteiger partial charge on any atom is -0.496 e. The number of methoxy groups -OCH3 is 1. The Kier molecular flexibility index (Phi) is 3.91. The first kappa shape index (κ1) is 12.3. The lowest BCUT2D eigenvalue weighted by molar-refractivity contribution is -0.384. The highest BCUT2D eigenvalue weighted by molar-refractivity contribution is 5.70. The van der Waals surface area contributed by atoms with Gasteiger partial charge in [-0.05, 0) is 6.07 Å². The van der Waals surface area contributed by atoms with E-state index >= 15 is 0 Å². The SMILES string of the molecule is COc1cc(C#CCC#N)c(N)c([N+](=O)[O-])c1. The second kappa shape index (κ2) is 5.38.